The van der Waals surface area contributed by atoms with Gasteiger partial charge in [0.1, 0.15) is 11.5 Å². The first-order valence-corrected chi connectivity index (χ1v) is 23.8. The number of allylic oxidation sites excluding steroid dienone is 1. The summed E-state index contributed by atoms with van der Waals surface area (Å²) >= 11 is 5.84. The van der Waals surface area contributed by atoms with Crippen LogP contribution >= 0.6 is 12.2 Å². The second-order valence-electron chi connectivity index (χ2n) is 16.1. The molecule has 0 N–H and O–H groups in total. The Hall–Kier alpha value is -2.13. The molecule has 0 aromatic heterocycles. The summed E-state index contributed by atoms with van der Waals surface area (Å²) in [6, 6.07) is 15.2. The Morgan fingerprint density at radius 2 is 0.796 bits per heavy atom. The van der Waals surface area contributed by atoms with Gasteiger partial charge >= 0.3 is 0 Å². The Kier molecular flexibility index (Phi) is 31.4. The Balaban J connectivity index is 1.61. The molecule has 0 spiro atoms. The van der Waals surface area contributed by atoms with Crippen LogP contribution in [-0.2, 0) is 6.42 Å². The number of thiocarbonyl (C=S) groups is 1. The minimum atomic E-state index is 0.748. The van der Waals surface area contributed by atoms with Gasteiger partial charge in [-0.3, -0.25) is 0 Å². The van der Waals surface area contributed by atoms with Crippen LogP contribution in [0.1, 0.15) is 230 Å². The van der Waals surface area contributed by atoms with Crippen molar-refractivity contribution in [2.45, 2.75) is 220 Å². The largest absolute Gasteiger partial charge is 0.493 e. The lowest BCUT2D eigenvalue weighted by Crippen LogP contribution is -2.01. The molecule has 0 aliphatic carbocycles. The first-order chi connectivity index (χ1) is 26.7. The van der Waals surface area contributed by atoms with Crippen molar-refractivity contribution >= 4 is 23.2 Å². The van der Waals surface area contributed by atoms with E-state index in [4.69, 9.17) is 21.7 Å². The van der Waals surface area contributed by atoms with Gasteiger partial charge in [-0.15, -0.1) is 0 Å². The summed E-state index contributed by atoms with van der Waals surface area (Å²) in [5, 5.41) is 0. The average Bonchev–Trinajstić information content (AvgIpc) is 3.19. The molecule has 2 aromatic carbocycles. The molecule has 2 nitrogen and oxygen atoms in total. The van der Waals surface area contributed by atoms with Gasteiger partial charge in [0.05, 0.1) is 13.2 Å². The lowest BCUT2D eigenvalue weighted by atomic mass is 10.0. The van der Waals surface area contributed by atoms with Gasteiger partial charge in [0.25, 0.3) is 0 Å². The molecule has 2 aromatic rings. The Labute approximate surface area is 341 Å². The molecule has 0 bridgehead atoms. The van der Waals surface area contributed by atoms with Crippen LogP contribution in [0, 0.1) is 0 Å². The Bertz CT molecular complexity index is 1130. The highest BCUT2D eigenvalue weighted by Crippen LogP contribution is 2.25. The summed E-state index contributed by atoms with van der Waals surface area (Å²) in [5.74, 6) is 1.77. The fraction of sp³-hybridized carbons (Fsp3) is 0.706. The van der Waals surface area contributed by atoms with Gasteiger partial charge in [-0.05, 0) is 60.6 Å². The number of ether oxygens (including phenoxy) is 2. The van der Waals surface area contributed by atoms with E-state index in [-0.39, 0.29) is 0 Å². The van der Waals surface area contributed by atoms with Crippen LogP contribution in [0.3, 0.4) is 0 Å². The van der Waals surface area contributed by atoms with Crippen LogP contribution < -0.4 is 9.47 Å². The predicted molar refractivity (Wildman–Crippen MR) is 244 cm³/mol. The van der Waals surface area contributed by atoms with Crippen LogP contribution in [0.2, 0.25) is 0 Å². The molecular weight excluding hydrogens is 677 g/mol. The van der Waals surface area contributed by atoms with Crippen molar-refractivity contribution < 1.29 is 9.47 Å². The zero-order valence-corrected chi connectivity index (χ0v) is 36.6. The van der Waals surface area contributed by atoms with Crippen molar-refractivity contribution in [1.29, 1.82) is 0 Å². The molecular formula is C51H84O2S. The van der Waals surface area contributed by atoms with Gasteiger partial charge in [-0.25, -0.2) is 0 Å². The number of aryl methyl sites for hydroxylation is 1. The van der Waals surface area contributed by atoms with Gasteiger partial charge in [0.15, 0.2) is 0 Å². The molecule has 0 saturated carbocycles. The van der Waals surface area contributed by atoms with E-state index < -0.39 is 0 Å². The minimum absolute atomic E-state index is 0.748. The Morgan fingerprint density at radius 1 is 0.444 bits per heavy atom. The SMILES string of the molecule is CCCCCCCCCCCCCCCCCCCCCCc1ccc(C(=S)C=Cc2cc(OCCCCCCC)cc(OCCCCCCC)c2)cc1. The van der Waals surface area contributed by atoms with Gasteiger partial charge in [0.2, 0.25) is 0 Å². The van der Waals surface area contributed by atoms with E-state index in [2.05, 4.69) is 69.3 Å². The van der Waals surface area contributed by atoms with Crippen molar-refractivity contribution in [2.75, 3.05) is 13.2 Å². The van der Waals surface area contributed by atoms with Crippen LogP contribution in [0.5, 0.6) is 11.5 Å². The highest BCUT2D eigenvalue weighted by molar-refractivity contribution is 7.81. The van der Waals surface area contributed by atoms with E-state index in [1.807, 2.05) is 6.07 Å². The fourth-order valence-electron chi connectivity index (χ4n) is 7.34. The van der Waals surface area contributed by atoms with Crippen molar-refractivity contribution in [1.82, 2.24) is 0 Å². The van der Waals surface area contributed by atoms with Gasteiger partial charge in [-0.1, -0.05) is 237 Å². The summed E-state index contributed by atoms with van der Waals surface area (Å²) in [6.45, 7) is 8.31. The Morgan fingerprint density at radius 3 is 1.19 bits per heavy atom. The maximum Gasteiger partial charge on any atom is 0.123 e. The van der Waals surface area contributed by atoms with Crippen molar-refractivity contribution in [3.8, 4) is 11.5 Å². The van der Waals surface area contributed by atoms with Crippen LogP contribution in [0.15, 0.2) is 48.5 Å². The third kappa shape index (κ3) is 26.6. The number of unbranched alkanes of at least 4 members (excludes halogenated alkanes) is 27. The monoisotopic (exact) mass is 761 g/mol. The molecule has 0 aliphatic heterocycles. The van der Waals surface area contributed by atoms with E-state index in [9.17, 15) is 0 Å². The first-order valence-electron chi connectivity index (χ1n) is 23.4. The molecule has 2 rings (SSSR count). The van der Waals surface area contributed by atoms with Crippen LogP contribution in [-0.4, -0.2) is 18.1 Å². The number of hydrogen-bond acceptors (Lipinski definition) is 3. The number of rotatable bonds is 38. The van der Waals surface area contributed by atoms with Gasteiger partial charge < -0.3 is 9.47 Å². The molecule has 0 radical (unpaired) electrons. The van der Waals surface area contributed by atoms with Gasteiger partial charge in [0, 0.05) is 10.9 Å². The maximum absolute atomic E-state index is 6.19. The lowest BCUT2D eigenvalue weighted by molar-refractivity contribution is 0.290. The van der Waals surface area contributed by atoms with E-state index in [0.717, 1.165) is 60.0 Å². The summed E-state index contributed by atoms with van der Waals surface area (Å²) < 4.78 is 12.4. The molecule has 0 unspecified atom stereocenters. The van der Waals surface area contributed by atoms with E-state index in [0.29, 0.717) is 0 Å². The highest BCUT2D eigenvalue weighted by Gasteiger charge is 2.05. The molecule has 306 valence electrons. The molecule has 0 amide bonds. The van der Waals surface area contributed by atoms with Crippen molar-refractivity contribution in [3.63, 3.8) is 0 Å². The second-order valence-corrected chi connectivity index (χ2v) is 16.6. The van der Waals surface area contributed by atoms with Crippen molar-refractivity contribution in [2.24, 2.45) is 0 Å². The lowest BCUT2D eigenvalue weighted by Gasteiger charge is -2.12. The minimum Gasteiger partial charge on any atom is -0.493 e. The third-order valence-corrected chi connectivity index (χ3v) is 11.3. The molecule has 0 fully saturated rings. The zero-order chi connectivity index (χ0) is 38.6. The van der Waals surface area contributed by atoms with E-state index in [1.165, 1.54) is 185 Å². The normalized spacial score (nSPS) is 11.5. The maximum atomic E-state index is 6.19. The topological polar surface area (TPSA) is 18.5 Å². The molecule has 0 saturated heterocycles. The standard InChI is InChI=1S/C51H84O2S/c1-4-7-10-13-14-15-16-17-18-19-20-21-22-23-24-25-26-27-28-31-34-46-35-38-48(39-36-46)51(54)40-37-47-43-49(52-41-32-29-11-8-5-2)45-50(44-47)53-42-33-30-12-9-6-3/h35-40,43-45H,4-34,41-42H2,1-3H3. The highest BCUT2D eigenvalue weighted by atomic mass is 32.1. The van der Waals surface area contributed by atoms with Crippen molar-refractivity contribution in [3.05, 3.63) is 65.2 Å². The third-order valence-electron chi connectivity index (χ3n) is 10.9. The summed E-state index contributed by atoms with van der Waals surface area (Å²) in [5.41, 5.74) is 3.60. The number of hydrogen-bond donors (Lipinski definition) is 0. The summed E-state index contributed by atoms with van der Waals surface area (Å²) in [7, 11) is 0. The van der Waals surface area contributed by atoms with E-state index >= 15 is 0 Å². The zero-order valence-electron chi connectivity index (χ0n) is 35.8. The van der Waals surface area contributed by atoms with Crippen LogP contribution in [0.25, 0.3) is 6.08 Å². The number of benzene rings is 2. The molecule has 0 aliphatic rings. The van der Waals surface area contributed by atoms with Gasteiger partial charge in [-0.2, -0.15) is 0 Å². The predicted octanol–water partition coefficient (Wildman–Crippen LogP) is 17.2. The van der Waals surface area contributed by atoms with Crippen LogP contribution in [0.4, 0.5) is 0 Å². The molecule has 3 heteroatoms. The molecule has 54 heavy (non-hydrogen) atoms. The first kappa shape index (κ1) is 48.0. The smallest absolute Gasteiger partial charge is 0.123 e. The molecule has 0 atom stereocenters. The van der Waals surface area contributed by atoms with E-state index in [1.54, 1.807) is 0 Å². The average molecular weight is 761 g/mol. The summed E-state index contributed by atoms with van der Waals surface area (Å²) in [6.07, 6.45) is 46.2. The molecule has 0 heterocycles. The second kappa shape index (κ2) is 35.3. The quantitative estimate of drug-likeness (QED) is 0.0294. The fourth-order valence-corrected chi connectivity index (χ4v) is 7.54. The summed E-state index contributed by atoms with van der Waals surface area (Å²) in [4.78, 5) is 0.862.